The van der Waals surface area contributed by atoms with E-state index in [-0.39, 0.29) is 11.8 Å². The zero-order chi connectivity index (χ0) is 10.4. The van der Waals surface area contributed by atoms with Crippen molar-refractivity contribution in [2.24, 2.45) is 0 Å². The third kappa shape index (κ3) is 4.84. The number of alkyl carbamates (subject to hydrolysis) is 1. The van der Waals surface area contributed by atoms with Crippen molar-refractivity contribution in [1.29, 1.82) is 0 Å². The summed E-state index contributed by atoms with van der Waals surface area (Å²) in [6.45, 7) is 4.87. The highest BCUT2D eigenvalue weighted by atomic mass is 16.6. The average Bonchev–Trinajstić information content (AvgIpc) is 1.98. The summed E-state index contributed by atoms with van der Waals surface area (Å²) in [5.74, 6) is -1.19. The van der Waals surface area contributed by atoms with Gasteiger partial charge in [-0.15, -0.1) is 0 Å². The minimum absolute atomic E-state index is 0.189. The van der Waals surface area contributed by atoms with Crippen LogP contribution in [0, 0.1) is 0 Å². The van der Waals surface area contributed by atoms with Crippen LogP contribution in [0.25, 0.3) is 0 Å². The lowest BCUT2D eigenvalue weighted by molar-refractivity contribution is -0.133. The number of aliphatic carboxylic acids is 1. The highest BCUT2D eigenvalue weighted by Gasteiger charge is 2.11. The van der Waals surface area contributed by atoms with Gasteiger partial charge >= 0.3 is 12.1 Å². The number of hydrogen-bond donors (Lipinski definition) is 2. The largest absolute Gasteiger partial charge is 0.477 e. The van der Waals surface area contributed by atoms with Crippen LogP contribution in [0.5, 0.6) is 0 Å². The van der Waals surface area contributed by atoms with Crippen LogP contribution in [0.2, 0.25) is 0 Å². The summed E-state index contributed by atoms with van der Waals surface area (Å²) < 4.78 is 4.68. The molecule has 0 aliphatic carbocycles. The highest BCUT2D eigenvalue weighted by Crippen LogP contribution is 1.93. The Morgan fingerprint density at radius 1 is 1.46 bits per heavy atom. The van der Waals surface area contributed by atoms with Crippen molar-refractivity contribution in [2.75, 3.05) is 0 Å². The standard InChI is InChI=1S/C8H13NO4/c1-4-6(7(10)11)9-8(12)13-5(2)3/h4-5H,1-3H3,(H,9,12)(H,10,11)/b6-4-. The van der Waals surface area contributed by atoms with Crippen LogP contribution < -0.4 is 5.32 Å². The Morgan fingerprint density at radius 2 is 2.00 bits per heavy atom. The number of carbonyl (C=O) groups is 2. The molecule has 1 amide bonds. The molecule has 2 N–H and O–H groups in total. The summed E-state index contributed by atoms with van der Waals surface area (Å²) in [7, 11) is 0. The van der Waals surface area contributed by atoms with Gasteiger partial charge < -0.3 is 9.84 Å². The number of ether oxygens (including phenoxy) is 1. The smallest absolute Gasteiger partial charge is 0.412 e. The first kappa shape index (κ1) is 11.5. The van der Waals surface area contributed by atoms with E-state index in [0.717, 1.165) is 0 Å². The lowest BCUT2D eigenvalue weighted by atomic mass is 10.4. The van der Waals surface area contributed by atoms with Crippen molar-refractivity contribution in [2.45, 2.75) is 26.9 Å². The normalized spacial score (nSPS) is 11.2. The number of carboxylic acid groups (broad SMARTS) is 1. The first-order chi connectivity index (χ1) is 5.97. The van der Waals surface area contributed by atoms with E-state index in [1.807, 2.05) is 0 Å². The number of nitrogens with one attached hydrogen (secondary N) is 1. The molecule has 0 atom stereocenters. The second kappa shape index (κ2) is 5.18. The monoisotopic (exact) mass is 187 g/mol. The van der Waals surface area contributed by atoms with E-state index in [1.165, 1.54) is 13.0 Å². The molecule has 0 radical (unpaired) electrons. The van der Waals surface area contributed by atoms with Crippen molar-refractivity contribution in [3.8, 4) is 0 Å². The van der Waals surface area contributed by atoms with Gasteiger partial charge in [-0.2, -0.15) is 0 Å². The molecule has 13 heavy (non-hydrogen) atoms. The van der Waals surface area contributed by atoms with Crippen molar-refractivity contribution in [1.82, 2.24) is 5.32 Å². The van der Waals surface area contributed by atoms with E-state index in [2.05, 4.69) is 10.1 Å². The maximum Gasteiger partial charge on any atom is 0.412 e. The number of amides is 1. The van der Waals surface area contributed by atoms with E-state index in [1.54, 1.807) is 13.8 Å². The van der Waals surface area contributed by atoms with Crippen LogP contribution in [0.3, 0.4) is 0 Å². The van der Waals surface area contributed by atoms with E-state index >= 15 is 0 Å². The third-order valence-corrected chi connectivity index (χ3v) is 1.10. The number of hydrogen-bond acceptors (Lipinski definition) is 3. The minimum Gasteiger partial charge on any atom is -0.477 e. The van der Waals surface area contributed by atoms with Gasteiger partial charge in [-0.05, 0) is 20.8 Å². The van der Waals surface area contributed by atoms with Crippen molar-refractivity contribution in [3.63, 3.8) is 0 Å². The predicted molar refractivity (Wildman–Crippen MR) is 46.1 cm³/mol. The molecule has 74 valence electrons. The highest BCUT2D eigenvalue weighted by molar-refractivity contribution is 5.90. The predicted octanol–water partition coefficient (Wildman–Crippen LogP) is 1.11. The Balaban J connectivity index is 4.11. The molecule has 5 heteroatoms. The van der Waals surface area contributed by atoms with Crippen LogP contribution in [0.4, 0.5) is 4.79 Å². The maximum atomic E-state index is 10.9. The maximum absolute atomic E-state index is 10.9. The molecule has 0 bridgehead atoms. The molecule has 0 aromatic carbocycles. The molecule has 0 aliphatic rings. The molecular weight excluding hydrogens is 174 g/mol. The molecule has 0 aliphatic heterocycles. The molecule has 0 saturated carbocycles. The summed E-state index contributed by atoms with van der Waals surface area (Å²) >= 11 is 0. The number of carboxylic acids is 1. The molecule has 0 spiro atoms. The van der Waals surface area contributed by atoms with Crippen molar-refractivity contribution in [3.05, 3.63) is 11.8 Å². The fraction of sp³-hybridized carbons (Fsp3) is 0.500. The summed E-state index contributed by atoms with van der Waals surface area (Å²) in [5, 5.41) is 10.6. The Bertz CT molecular complexity index is 232. The molecule has 5 nitrogen and oxygen atoms in total. The zero-order valence-corrected chi connectivity index (χ0v) is 7.83. The average molecular weight is 187 g/mol. The van der Waals surface area contributed by atoms with Gasteiger partial charge in [0.25, 0.3) is 0 Å². The Labute approximate surface area is 76.4 Å². The quantitative estimate of drug-likeness (QED) is 0.649. The van der Waals surface area contributed by atoms with Gasteiger partial charge in [-0.25, -0.2) is 9.59 Å². The molecular formula is C8H13NO4. The van der Waals surface area contributed by atoms with Crippen molar-refractivity contribution >= 4 is 12.1 Å². The number of carbonyl (C=O) groups excluding carboxylic acids is 1. The van der Waals surface area contributed by atoms with Crippen molar-refractivity contribution < 1.29 is 19.4 Å². The van der Waals surface area contributed by atoms with E-state index in [9.17, 15) is 9.59 Å². The third-order valence-electron chi connectivity index (χ3n) is 1.10. The summed E-state index contributed by atoms with van der Waals surface area (Å²) in [6.07, 6.45) is 0.251. The first-order valence-corrected chi connectivity index (χ1v) is 3.84. The second-order valence-electron chi connectivity index (χ2n) is 2.59. The molecule has 0 rings (SSSR count). The molecule has 0 unspecified atom stereocenters. The van der Waals surface area contributed by atoms with Crippen LogP contribution in [0.1, 0.15) is 20.8 Å². The van der Waals surface area contributed by atoms with Gasteiger partial charge in [0.1, 0.15) is 5.70 Å². The summed E-state index contributed by atoms with van der Waals surface area (Å²) in [4.78, 5) is 21.3. The second-order valence-corrected chi connectivity index (χ2v) is 2.59. The van der Waals surface area contributed by atoms with Crippen LogP contribution in [0.15, 0.2) is 11.8 Å². The van der Waals surface area contributed by atoms with Crippen LogP contribution in [-0.2, 0) is 9.53 Å². The van der Waals surface area contributed by atoms with Gasteiger partial charge in [0.05, 0.1) is 6.10 Å². The molecule has 0 aromatic heterocycles. The first-order valence-electron chi connectivity index (χ1n) is 3.84. The Kier molecular flexibility index (Phi) is 4.58. The Morgan fingerprint density at radius 3 is 2.31 bits per heavy atom. The fourth-order valence-corrected chi connectivity index (χ4v) is 0.603. The zero-order valence-electron chi connectivity index (χ0n) is 7.83. The van der Waals surface area contributed by atoms with Gasteiger partial charge in [0.15, 0.2) is 0 Å². The summed E-state index contributed by atoms with van der Waals surface area (Å²) in [5.41, 5.74) is -0.189. The van der Waals surface area contributed by atoms with Crippen LogP contribution in [-0.4, -0.2) is 23.3 Å². The minimum atomic E-state index is -1.19. The molecule has 0 heterocycles. The summed E-state index contributed by atoms with van der Waals surface area (Å²) in [6, 6.07) is 0. The number of rotatable bonds is 3. The van der Waals surface area contributed by atoms with Crippen LogP contribution >= 0.6 is 0 Å². The molecule has 0 aromatic rings. The lowest BCUT2D eigenvalue weighted by Crippen LogP contribution is -2.29. The van der Waals surface area contributed by atoms with E-state index < -0.39 is 12.1 Å². The van der Waals surface area contributed by atoms with E-state index in [0.29, 0.717) is 0 Å². The van der Waals surface area contributed by atoms with Gasteiger partial charge in [0, 0.05) is 0 Å². The van der Waals surface area contributed by atoms with E-state index in [4.69, 9.17) is 5.11 Å². The fourth-order valence-electron chi connectivity index (χ4n) is 0.603. The topological polar surface area (TPSA) is 75.6 Å². The molecule has 0 saturated heterocycles. The SMILES string of the molecule is C/C=C(\NC(=O)OC(C)C)C(=O)O. The van der Waals surface area contributed by atoms with Gasteiger partial charge in [0.2, 0.25) is 0 Å². The molecule has 0 fully saturated rings. The lowest BCUT2D eigenvalue weighted by Gasteiger charge is -2.09. The van der Waals surface area contributed by atoms with Gasteiger partial charge in [-0.1, -0.05) is 6.08 Å². The van der Waals surface area contributed by atoms with Gasteiger partial charge in [-0.3, -0.25) is 5.32 Å². The number of allylic oxidation sites excluding steroid dienone is 1. The Hall–Kier alpha value is -1.52.